The van der Waals surface area contributed by atoms with Crippen molar-refractivity contribution in [1.82, 2.24) is 4.90 Å². The molecule has 5 heteroatoms. The summed E-state index contributed by atoms with van der Waals surface area (Å²) in [5.41, 5.74) is 0.889. The fraction of sp³-hybridized carbons (Fsp3) is 0.467. The van der Waals surface area contributed by atoms with E-state index in [0.29, 0.717) is 4.90 Å². The Labute approximate surface area is 121 Å². The van der Waals surface area contributed by atoms with E-state index in [1.807, 2.05) is 19.1 Å². The molecule has 1 aromatic rings. The van der Waals surface area contributed by atoms with Crippen molar-refractivity contribution in [2.45, 2.75) is 11.8 Å². The SMILES string of the molecule is C/C(=C\CN1CCOCC1)CS(=O)(=O)c1ccccc1. The Balaban J connectivity index is 1.94. The zero-order valence-corrected chi connectivity index (χ0v) is 12.6. The zero-order chi connectivity index (χ0) is 14.4. The highest BCUT2D eigenvalue weighted by Gasteiger charge is 2.15. The lowest BCUT2D eigenvalue weighted by atomic mass is 10.3. The molecule has 0 atom stereocenters. The van der Waals surface area contributed by atoms with Gasteiger partial charge in [-0.15, -0.1) is 0 Å². The number of hydrogen-bond donors (Lipinski definition) is 0. The van der Waals surface area contributed by atoms with Crippen LogP contribution in [0, 0.1) is 0 Å². The minimum atomic E-state index is -3.22. The molecule has 20 heavy (non-hydrogen) atoms. The summed E-state index contributed by atoms with van der Waals surface area (Å²) in [5.74, 6) is 0.0847. The topological polar surface area (TPSA) is 46.6 Å². The van der Waals surface area contributed by atoms with Crippen molar-refractivity contribution in [3.8, 4) is 0 Å². The summed E-state index contributed by atoms with van der Waals surface area (Å²) < 4.78 is 29.7. The van der Waals surface area contributed by atoms with Gasteiger partial charge in [0.05, 0.1) is 23.9 Å². The Morgan fingerprint density at radius 2 is 1.90 bits per heavy atom. The van der Waals surface area contributed by atoms with Gasteiger partial charge in [-0.3, -0.25) is 4.90 Å². The van der Waals surface area contributed by atoms with Crippen LogP contribution in [0.2, 0.25) is 0 Å². The van der Waals surface area contributed by atoms with Crippen molar-refractivity contribution >= 4 is 9.84 Å². The highest BCUT2D eigenvalue weighted by Crippen LogP contribution is 2.13. The molecule has 1 aliphatic rings. The fourth-order valence-corrected chi connectivity index (χ4v) is 3.59. The zero-order valence-electron chi connectivity index (χ0n) is 11.8. The van der Waals surface area contributed by atoms with Crippen molar-refractivity contribution < 1.29 is 13.2 Å². The second-order valence-electron chi connectivity index (χ2n) is 5.04. The van der Waals surface area contributed by atoms with Crippen LogP contribution in [0.4, 0.5) is 0 Å². The summed E-state index contributed by atoms with van der Waals surface area (Å²) in [6.07, 6.45) is 2.01. The van der Waals surface area contributed by atoms with Crippen molar-refractivity contribution in [2.75, 3.05) is 38.6 Å². The molecule has 0 saturated carbocycles. The second-order valence-corrected chi connectivity index (χ2v) is 7.03. The average Bonchev–Trinajstić information content (AvgIpc) is 2.47. The van der Waals surface area contributed by atoms with Gasteiger partial charge in [0.15, 0.2) is 9.84 Å². The first-order valence-corrected chi connectivity index (χ1v) is 8.47. The lowest BCUT2D eigenvalue weighted by Gasteiger charge is -2.25. The maximum atomic E-state index is 12.2. The van der Waals surface area contributed by atoms with Crippen molar-refractivity contribution in [3.63, 3.8) is 0 Å². The van der Waals surface area contributed by atoms with E-state index < -0.39 is 9.84 Å². The number of ether oxygens (including phenoxy) is 1. The van der Waals surface area contributed by atoms with E-state index in [1.54, 1.807) is 24.3 Å². The fourth-order valence-electron chi connectivity index (χ4n) is 2.14. The molecule has 1 fully saturated rings. The number of hydrogen-bond acceptors (Lipinski definition) is 4. The molecule has 0 N–H and O–H groups in total. The van der Waals surface area contributed by atoms with Crippen LogP contribution in [0.3, 0.4) is 0 Å². The van der Waals surface area contributed by atoms with Gasteiger partial charge in [0.2, 0.25) is 0 Å². The molecule has 0 spiro atoms. The molecule has 1 aliphatic heterocycles. The summed E-state index contributed by atoms with van der Waals surface area (Å²) >= 11 is 0. The Bertz CT molecular complexity index is 546. The third kappa shape index (κ3) is 4.44. The molecule has 4 nitrogen and oxygen atoms in total. The first kappa shape index (κ1) is 15.2. The van der Waals surface area contributed by atoms with Crippen LogP contribution in [0.15, 0.2) is 46.9 Å². The molecule has 1 aromatic carbocycles. The minimum absolute atomic E-state index is 0.0847. The normalized spacial score (nSPS) is 18.1. The van der Waals surface area contributed by atoms with Crippen LogP contribution in [0.25, 0.3) is 0 Å². The number of sulfone groups is 1. The summed E-state index contributed by atoms with van der Waals surface area (Å²) in [4.78, 5) is 2.65. The van der Waals surface area contributed by atoms with Crippen LogP contribution in [-0.2, 0) is 14.6 Å². The van der Waals surface area contributed by atoms with E-state index in [-0.39, 0.29) is 5.75 Å². The van der Waals surface area contributed by atoms with Crippen LogP contribution in [-0.4, -0.2) is 51.9 Å². The van der Waals surface area contributed by atoms with Crippen LogP contribution in [0.1, 0.15) is 6.92 Å². The van der Waals surface area contributed by atoms with Gasteiger partial charge in [0.25, 0.3) is 0 Å². The summed E-state index contributed by atoms with van der Waals surface area (Å²) in [6, 6.07) is 8.61. The second kappa shape index (κ2) is 7.02. The molecule has 1 saturated heterocycles. The third-order valence-corrected chi connectivity index (χ3v) is 5.15. The van der Waals surface area contributed by atoms with Gasteiger partial charge in [0.1, 0.15) is 0 Å². The maximum Gasteiger partial charge on any atom is 0.182 e. The maximum absolute atomic E-state index is 12.2. The first-order chi connectivity index (χ1) is 9.58. The average molecular weight is 295 g/mol. The highest BCUT2D eigenvalue weighted by molar-refractivity contribution is 7.91. The van der Waals surface area contributed by atoms with Crippen molar-refractivity contribution in [1.29, 1.82) is 0 Å². The van der Waals surface area contributed by atoms with Crippen LogP contribution in [0.5, 0.6) is 0 Å². The Morgan fingerprint density at radius 3 is 2.55 bits per heavy atom. The summed E-state index contributed by atoms with van der Waals surface area (Å²) in [7, 11) is -3.22. The van der Waals surface area contributed by atoms with Gasteiger partial charge in [-0.2, -0.15) is 0 Å². The van der Waals surface area contributed by atoms with E-state index in [9.17, 15) is 8.42 Å². The molecule has 0 aliphatic carbocycles. The van der Waals surface area contributed by atoms with Gasteiger partial charge in [-0.25, -0.2) is 8.42 Å². The van der Waals surface area contributed by atoms with E-state index in [2.05, 4.69) is 4.90 Å². The summed E-state index contributed by atoms with van der Waals surface area (Å²) in [6.45, 7) is 6.01. The molecular weight excluding hydrogens is 274 g/mol. The Hall–Kier alpha value is -1.17. The van der Waals surface area contributed by atoms with Crippen LogP contribution < -0.4 is 0 Å². The number of nitrogens with zero attached hydrogens (tertiary/aromatic N) is 1. The smallest absolute Gasteiger partial charge is 0.182 e. The molecule has 0 unspecified atom stereocenters. The molecule has 0 amide bonds. The van der Waals surface area contributed by atoms with E-state index in [1.165, 1.54) is 0 Å². The molecule has 110 valence electrons. The number of rotatable bonds is 5. The van der Waals surface area contributed by atoms with Gasteiger partial charge in [-0.1, -0.05) is 29.8 Å². The first-order valence-electron chi connectivity index (χ1n) is 6.81. The standard InChI is InChI=1S/C15H21NO3S/c1-14(7-8-16-9-11-19-12-10-16)13-20(17,18)15-5-3-2-4-6-15/h2-7H,8-13H2,1H3/b14-7+. The largest absolute Gasteiger partial charge is 0.379 e. The van der Waals surface area contributed by atoms with E-state index >= 15 is 0 Å². The molecule has 0 aromatic heterocycles. The van der Waals surface area contributed by atoms with E-state index in [0.717, 1.165) is 38.4 Å². The lowest BCUT2D eigenvalue weighted by Crippen LogP contribution is -2.36. The molecule has 0 bridgehead atoms. The quantitative estimate of drug-likeness (QED) is 0.776. The Kier molecular flexibility index (Phi) is 5.34. The summed E-state index contributed by atoms with van der Waals surface area (Å²) in [5, 5.41) is 0. The van der Waals surface area contributed by atoms with Gasteiger partial charge < -0.3 is 4.74 Å². The molecule has 1 heterocycles. The lowest BCUT2D eigenvalue weighted by molar-refractivity contribution is 0.0433. The monoisotopic (exact) mass is 295 g/mol. The van der Waals surface area contributed by atoms with Gasteiger partial charge in [-0.05, 0) is 19.1 Å². The Morgan fingerprint density at radius 1 is 1.25 bits per heavy atom. The van der Waals surface area contributed by atoms with Gasteiger partial charge >= 0.3 is 0 Å². The highest BCUT2D eigenvalue weighted by atomic mass is 32.2. The molecule has 2 rings (SSSR count). The van der Waals surface area contributed by atoms with Crippen LogP contribution >= 0.6 is 0 Å². The predicted octanol–water partition coefficient (Wildman–Crippen LogP) is 1.74. The van der Waals surface area contributed by atoms with Gasteiger partial charge in [0, 0.05) is 19.6 Å². The minimum Gasteiger partial charge on any atom is -0.379 e. The number of benzene rings is 1. The van der Waals surface area contributed by atoms with Crippen molar-refractivity contribution in [3.05, 3.63) is 42.0 Å². The molecular formula is C15H21NO3S. The number of morpholine rings is 1. The predicted molar refractivity (Wildman–Crippen MR) is 79.5 cm³/mol. The van der Waals surface area contributed by atoms with Crippen molar-refractivity contribution in [2.24, 2.45) is 0 Å². The third-order valence-electron chi connectivity index (χ3n) is 3.32. The molecule has 0 radical (unpaired) electrons. The van der Waals surface area contributed by atoms with E-state index in [4.69, 9.17) is 4.74 Å².